The minimum Gasteiger partial charge on any atom is -0.364 e. The maximum absolute atomic E-state index is 13.5. The Bertz CT molecular complexity index is 1280. The van der Waals surface area contributed by atoms with E-state index in [-0.39, 0.29) is 17.4 Å². The molecule has 1 radical (unpaired) electrons. The molecule has 0 bridgehead atoms. The van der Waals surface area contributed by atoms with E-state index < -0.39 is 5.91 Å². The molecule has 0 saturated carbocycles. The number of nitrogens with two attached hydrogens (primary N) is 1. The van der Waals surface area contributed by atoms with Crippen LogP contribution in [-0.4, -0.2) is 74.3 Å². The van der Waals surface area contributed by atoms with Crippen LogP contribution in [0.5, 0.6) is 0 Å². The zero-order chi connectivity index (χ0) is 25.4. The van der Waals surface area contributed by atoms with Crippen molar-refractivity contribution in [2.75, 3.05) is 32.7 Å². The molecule has 2 amide bonds. The van der Waals surface area contributed by atoms with Gasteiger partial charge in [0, 0.05) is 26.2 Å². The molecule has 2 aromatic heterocycles. The standard InChI is InChI=1S/C26H29FN7O2/c1-16-24(17(2)34(31-16)23-9-8-22(25(28)35)29-30-23)26(36)33-14-19-12-32(13-20(19)15-33)10-4-6-18-5-3-7-21(27)11-18/h3,5-9,11,19-20H,4,10,12-15H2,1-2H3,(H2,28,35)/t19-,20?/m0/s1. The highest BCUT2D eigenvalue weighted by molar-refractivity contribution is 5.96. The summed E-state index contributed by atoms with van der Waals surface area (Å²) in [4.78, 5) is 29.1. The van der Waals surface area contributed by atoms with E-state index in [9.17, 15) is 14.0 Å². The fourth-order valence-electron chi connectivity index (χ4n) is 5.39. The van der Waals surface area contributed by atoms with Crippen LogP contribution in [0.1, 0.15) is 44.2 Å². The van der Waals surface area contributed by atoms with E-state index in [0.717, 1.165) is 44.7 Å². The van der Waals surface area contributed by atoms with Gasteiger partial charge in [-0.1, -0.05) is 12.1 Å². The molecule has 4 heterocycles. The van der Waals surface area contributed by atoms with Gasteiger partial charge in [-0.2, -0.15) is 5.10 Å². The zero-order valence-corrected chi connectivity index (χ0v) is 20.4. The molecule has 2 fully saturated rings. The predicted octanol–water partition coefficient (Wildman–Crippen LogP) is 2.16. The number of nitrogens with zero attached hydrogens (tertiary/aromatic N) is 6. The predicted molar refractivity (Wildman–Crippen MR) is 131 cm³/mol. The van der Waals surface area contributed by atoms with Crippen LogP contribution in [0, 0.1) is 37.9 Å². The molecule has 1 aromatic carbocycles. The van der Waals surface area contributed by atoms with E-state index in [4.69, 9.17) is 5.73 Å². The van der Waals surface area contributed by atoms with E-state index in [1.165, 1.54) is 12.1 Å². The summed E-state index contributed by atoms with van der Waals surface area (Å²) in [5.41, 5.74) is 8.11. The van der Waals surface area contributed by atoms with Gasteiger partial charge >= 0.3 is 0 Å². The summed E-state index contributed by atoms with van der Waals surface area (Å²) in [6.07, 6.45) is 2.94. The summed E-state index contributed by atoms with van der Waals surface area (Å²) in [5.74, 6) is 0.439. The summed E-state index contributed by atoms with van der Waals surface area (Å²) < 4.78 is 14.9. The lowest BCUT2D eigenvalue weighted by atomic mass is 10.0. The minimum absolute atomic E-state index is 0.0154. The van der Waals surface area contributed by atoms with Crippen LogP contribution >= 0.6 is 0 Å². The number of hydrogen-bond donors (Lipinski definition) is 1. The minimum atomic E-state index is -0.652. The number of carbonyl (C=O) groups excluding carboxylic acids is 2. The molecule has 10 heteroatoms. The van der Waals surface area contributed by atoms with Gasteiger partial charge < -0.3 is 15.5 Å². The van der Waals surface area contributed by atoms with Crippen LogP contribution in [0.15, 0.2) is 36.4 Å². The van der Waals surface area contributed by atoms with Crippen LogP contribution in [0.4, 0.5) is 4.39 Å². The van der Waals surface area contributed by atoms with Crippen LogP contribution in [0.2, 0.25) is 0 Å². The number of amides is 2. The van der Waals surface area contributed by atoms with Crippen LogP contribution in [0.25, 0.3) is 5.82 Å². The fraction of sp³-hybridized carbons (Fsp3) is 0.385. The summed E-state index contributed by atoms with van der Waals surface area (Å²) in [6, 6.07) is 9.76. The smallest absolute Gasteiger partial charge is 0.269 e. The number of aromatic nitrogens is 4. The Labute approximate surface area is 209 Å². The molecule has 5 rings (SSSR count). The van der Waals surface area contributed by atoms with E-state index in [1.54, 1.807) is 22.9 Å². The SMILES string of the molecule is Cc1nn(-c2ccc(C(N)=O)nn2)c(C)c1C(=O)N1CC2CN(CC[CH]c3cccc(F)c3)C[C@H]2C1. The largest absolute Gasteiger partial charge is 0.364 e. The number of carbonyl (C=O) groups is 2. The topological polar surface area (TPSA) is 110 Å². The van der Waals surface area contributed by atoms with Crippen molar-refractivity contribution in [3.63, 3.8) is 0 Å². The van der Waals surface area contributed by atoms with Crippen molar-refractivity contribution in [2.24, 2.45) is 17.6 Å². The maximum atomic E-state index is 13.5. The Kier molecular flexibility index (Phi) is 6.53. The number of hydrogen-bond acceptors (Lipinski definition) is 6. The summed E-state index contributed by atoms with van der Waals surface area (Å²) >= 11 is 0. The van der Waals surface area contributed by atoms with Crippen LogP contribution in [-0.2, 0) is 0 Å². The number of halogens is 1. The molecule has 2 atom stereocenters. The zero-order valence-electron chi connectivity index (χ0n) is 20.4. The van der Waals surface area contributed by atoms with Crippen LogP contribution < -0.4 is 5.73 Å². The Morgan fingerprint density at radius 3 is 2.47 bits per heavy atom. The fourth-order valence-corrected chi connectivity index (χ4v) is 5.39. The molecule has 0 aliphatic carbocycles. The monoisotopic (exact) mass is 490 g/mol. The molecule has 2 N–H and O–H groups in total. The van der Waals surface area contributed by atoms with Crippen molar-refractivity contribution >= 4 is 11.8 Å². The molecule has 2 aliphatic rings. The first-order valence-corrected chi connectivity index (χ1v) is 12.1. The van der Waals surface area contributed by atoms with Gasteiger partial charge in [-0.05, 0) is 74.9 Å². The highest BCUT2D eigenvalue weighted by atomic mass is 19.1. The van der Waals surface area contributed by atoms with Gasteiger partial charge in [-0.3, -0.25) is 9.59 Å². The van der Waals surface area contributed by atoms with Crippen molar-refractivity contribution < 1.29 is 14.0 Å². The Morgan fingerprint density at radius 1 is 1.08 bits per heavy atom. The second kappa shape index (κ2) is 9.77. The van der Waals surface area contributed by atoms with Gasteiger partial charge in [0.25, 0.3) is 11.8 Å². The third-order valence-electron chi connectivity index (χ3n) is 7.15. The van der Waals surface area contributed by atoms with Gasteiger partial charge in [0.15, 0.2) is 11.5 Å². The van der Waals surface area contributed by atoms with Gasteiger partial charge in [0.2, 0.25) is 0 Å². The number of aryl methyl sites for hydroxylation is 1. The van der Waals surface area contributed by atoms with E-state index in [0.29, 0.717) is 34.6 Å². The number of fused-ring (bicyclic) bond motifs is 1. The average Bonchev–Trinajstić information content (AvgIpc) is 3.50. The lowest BCUT2D eigenvalue weighted by Crippen LogP contribution is -2.34. The summed E-state index contributed by atoms with van der Waals surface area (Å²) in [5, 5.41) is 12.4. The van der Waals surface area contributed by atoms with Crippen molar-refractivity contribution in [1.29, 1.82) is 0 Å². The first-order valence-electron chi connectivity index (χ1n) is 12.1. The second-order valence-corrected chi connectivity index (χ2v) is 9.64. The van der Waals surface area contributed by atoms with Crippen LogP contribution in [0.3, 0.4) is 0 Å². The number of likely N-dealkylation sites (tertiary alicyclic amines) is 2. The third kappa shape index (κ3) is 4.73. The highest BCUT2D eigenvalue weighted by Crippen LogP contribution is 2.33. The Hall–Kier alpha value is -3.66. The lowest BCUT2D eigenvalue weighted by Gasteiger charge is -2.22. The van der Waals surface area contributed by atoms with Crippen molar-refractivity contribution in [1.82, 2.24) is 29.8 Å². The Morgan fingerprint density at radius 2 is 1.83 bits per heavy atom. The van der Waals surface area contributed by atoms with Gasteiger partial charge in [0.1, 0.15) is 5.82 Å². The Balaban J connectivity index is 1.19. The van der Waals surface area contributed by atoms with Crippen molar-refractivity contribution in [3.05, 3.63) is 76.8 Å². The maximum Gasteiger partial charge on any atom is 0.269 e. The molecular formula is C26H29FN7O2. The van der Waals surface area contributed by atoms with Crippen molar-refractivity contribution in [2.45, 2.75) is 20.3 Å². The quantitative estimate of drug-likeness (QED) is 0.544. The molecule has 187 valence electrons. The van der Waals surface area contributed by atoms with E-state index in [1.807, 2.05) is 24.8 Å². The molecule has 36 heavy (non-hydrogen) atoms. The summed E-state index contributed by atoms with van der Waals surface area (Å²) in [7, 11) is 0. The molecule has 2 aliphatic heterocycles. The van der Waals surface area contributed by atoms with Gasteiger partial charge in [-0.25, -0.2) is 9.07 Å². The number of rotatable bonds is 7. The second-order valence-electron chi connectivity index (χ2n) is 9.64. The van der Waals surface area contributed by atoms with E-state index >= 15 is 0 Å². The molecule has 9 nitrogen and oxygen atoms in total. The highest BCUT2D eigenvalue weighted by Gasteiger charge is 2.42. The molecule has 1 unspecified atom stereocenters. The first-order chi connectivity index (χ1) is 17.3. The molecule has 2 saturated heterocycles. The molecular weight excluding hydrogens is 461 g/mol. The first kappa shape index (κ1) is 24.1. The normalized spacial score (nSPS) is 19.6. The van der Waals surface area contributed by atoms with E-state index in [2.05, 4.69) is 26.6 Å². The third-order valence-corrected chi connectivity index (χ3v) is 7.15. The number of primary amides is 1. The van der Waals surface area contributed by atoms with Crippen molar-refractivity contribution in [3.8, 4) is 5.82 Å². The lowest BCUT2D eigenvalue weighted by molar-refractivity contribution is 0.0772. The van der Waals surface area contributed by atoms with Gasteiger partial charge in [0.05, 0.1) is 17.0 Å². The number of benzene rings is 1. The summed E-state index contributed by atoms with van der Waals surface area (Å²) in [6.45, 7) is 7.96. The van der Waals surface area contributed by atoms with Gasteiger partial charge in [-0.15, -0.1) is 10.2 Å². The average molecular weight is 491 g/mol. The molecule has 0 spiro atoms. The molecule has 3 aromatic rings.